The van der Waals surface area contributed by atoms with Crippen molar-refractivity contribution in [3.05, 3.63) is 41.5 Å². The number of carbonyl (C=O) groups is 2. The lowest BCUT2D eigenvalue weighted by Crippen LogP contribution is -2.25. The normalized spacial score (nSPS) is 17.3. The van der Waals surface area contributed by atoms with Crippen molar-refractivity contribution < 1.29 is 9.59 Å². The molecule has 4 nitrogen and oxygen atoms in total. The molecule has 0 aromatic heterocycles. The molecule has 1 aliphatic carbocycles. The van der Waals surface area contributed by atoms with E-state index in [0.29, 0.717) is 12.1 Å². The molecule has 1 unspecified atom stereocenters. The van der Waals surface area contributed by atoms with Gasteiger partial charge in [-0.25, -0.2) is 0 Å². The largest absolute Gasteiger partial charge is 0.352 e. The van der Waals surface area contributed by atoms with Gasteiger partial charge in [-0.1, -0.05) is 18.2 Å². The lowest BCUT2D eigenvalue weighted by atomic mass is 9.93. The van der Waals surface area contributed by atoms with Crippen LogP contribution >= 0.6 is 0 Å². The fourth-order valence-electron chi connectivity index (χ4n) is 2.43. The van der Waals surface area contributed by atoms with Gasteiger partial charge in [-0.05, 0) is 50.8 Å². The van der Waals surface area contributed by atoms with Crippen molar-refractivity contribution in [1.29, 1.82) is 0 Å². The van der Waals surface area contributed by atoms with Crippen LogP contribution in [0.15, 0.2) is 30.4 Å². The Kier molecular flexibility index (Phi) is 5.14. The first-order valence-electron chi connectivity index (χ1n) is 7.46. The van der Waals surface area contributed by atoms with Gasteiger partial charge < -0.3 is 10.6 Å². The molecule has 2 N–H and O–H groups in total. The van der Waals surface area contributed by atoms with Crippen LogP contribution in [0, 0.1) is 12.8 Å². The van der Waals surface area contributed by atoms with E-state index in [1.807, 2.05) is 19.9 Å². The SMILES string of the molecule is CCNC(=O)c1ccc(C)c(NC(=O)C2CC=CCC2)c1. The number of allylic oxidation sites excluding steroid dienone is 2. The van der Waals surface area contributed by atoms with Crippen molar-refractivity contribution in [1.82, 2.24) is 5.32 Å². The van der Waals surface area contributed by atoms with Crippen molar-refractivity contribution in [2.45, 2.75) is 33.1 Å². The van der Waals surface area contributed by atoms with E-state index >= 15 is 0 Å². The Bertz CT molecular complexity index is 564. The molecule has 1 atom stereocenters. The van der Waals surface area contributed by atoms with Gasteiger partial charge in [0.05, 0.1) is 0 Å². The number of anilines is 1. The van der Waals surface area contributed by atoms with Crippen molar-refractivity contribution in [3.63, 3.8) is 0 Å². The number of carbonyl (C=O) groups excluding carboxylic acids is 2. The van der Waals surface area contributed by atoms with Crippen molar-refractivity contribution in [2.24, 2.45) is 5.92 Å². The standard InChI is InChI=1S/C17H22N2O2/c1-3-18-16(20)14-10-9-12(2)15(11-14)19-17(21)13-7-5-4-6-8-13/h4-5,9-11,13H,3,6-8H2,1-2H3,(H,18,20)(H,19,21). The Hall–Kier alpha value is -2.10. The van der Waals surface area contributed by atoms with E-state index in [0.717, 1.165) is 30.5 Å². The second-order valence-electron chi connectivity index (χ2n) is 5.36. The monoisotopic (exact) mass is 286 g/mol. The van der Waals surface area contributed by atoms with Gasteiger partial charge in [-0.2, -0.15) is 0 Å². The molecule has 0 saturated heterocycles. The molecule has 0 heterocycles. The molecule has 1 aromatic rings. The first-order chi connectivity index (χ1) is 10.1. The summed E-state index contributed by atoms with van der Waals surface area (Å²) in [5, 5.41) is 5.73. The van der Waals surface area contributed by atoms with Crippen molar-refractivity contribution in [2.75, 3.05) is 11.9 Å². The molecule has 0 saturated carbocycles. The van der Waals surface area contributed by atoms with Gasteiger partial charge in [0.15, 0.2) is 0 Å². The number of benzene rings is 1. The molecule has 2 rings (SSSR count). The number of hydrogen-bond donors (Lipinski definition) is 2. The van der Waals surface area contributed by atoms with Crippen LogP contribution in [0.5, 0.6) is 0 Å². The molecule has 0 radical (unpaired) electrons. The van der Waals surface area contributed by atoms with Gasteiger partial charge in [0.1, 0.15) is 0 Å². The van der Waals surface area contributed by atoms with E-state index in [1.165, 1.54) is 0 Å². The second-order valence-corrected chi connectivity index (χ2v) is 5.36. The van der Waals surface area contributed by atoms with Crippen LogP contribution in [-0.4, -0.2) is 18.4 Å². The van der Waals surface area contributed by atoms with Gasteiger partial charge >= 0.3 is 0 Å². The molecule has 4 heteroatoms. The van der Waals surface area contributed by atoms with E-state index in [1.54, 1.807) is 12.1 Å². The van der Waals surface area contributed by atoms with E-state index < -0.39 is 0 Å². The zero-order valence-corrected chi connectivity index (χ0v) is 12.6. The molecule has 0 spiro atoms. The molecular formula is C17H22N2O2. The Morgan fingerprint density at radius 3 is 2.76 bits per heavy atom. The quantitative estimate of drug-likeness (QED) is 0.836. The van der Waals surface area contributed by atoms with Crippen LogP contribution in [0.1, 0.15) is 42.1 Å². The zero-order valence-electron chi connectivity index (χ0n) is 12.6. The van der Waals surface area contributed by atoms with Crippen LogP contribution in [0.3, 0.4) is 0 Å². The van der Waals surface area contributed by atoms with E-state index in [9.17, 15) is 9.59 Å². The summed E-state index contributed by atoms with van der Waals surface area (Å²) in [7, 11) is 0. The Morgan fingerprint density at radius 2 is 2.10 bits per heavy atom. The molecule has 1 aromatic carbocycles. The third kappa shape index (κ3) is 3.94. The van der Waals surface area contributed by atoms with Crippen LogP contribution in [0.25, 0.3) is 0 Å². The van der Waals surface area contributed by atoms with Crippen LogP contribution in [0.4, 0.5) is 5.69 Å². The second kappa shape index (κ2) is 7.07. The average Bonchev–Trinajstić information content (AvgIpc) is 2.50. The van der Waals surface area contributed by atoms with Crippen molar-refractivity contribution >= 4 is 17.5 Å². The molecule has 21 heavy (non-hydrogen) atoms. The van der Waals surface area contributed by atoms with E-state index in [2.05, 4.69) is 22.8 Å². The van der Waals surface area contributed by atoms with E-state index in [-0.39, 0.29) is 17.7 Å². The van der Waals surface area contributed by atoms with Gasteiger partial charge in [-0.15, -0.1) is 0 Å². The lowest BCUT2D eigenvalue weighted by molar-refractivity contribution is -0.120. The summed E-state index contributed by atoms with van der Waals surface area (Å²) in [4.78, 5) is 24.1. The van der Waals surface area contributed by atoms with Crippen LogP contribution in [0.2, 0.25) is 0 Å². The number of amides is 2. The Morgan fingerprint density at radius 1 is 1.29 bits per heavy atom. The molecule has 1 aliphatic rings. The van der Waals surface area contributed by atoms with E-state index in [4.69, 9.17) is 0 Å². The third-order valence-corrected chi connectivity index (χ3v) is 3.73. The minimum absolute atomic E-state index is 0.0301. The van der Waals surface area contributed by atoms with Crippen LogP contribution in [-0.2, 0) is 4.79 Å². The fraction of sp³-hybridized carbons (Fsp3) is 0.412. The number of nitrogens with one attached hydrogen (secondary N) is 2. The third-order valence-electron chi connectivity index (χ3n) is 3.73. The minimum Gasteiger partial charge on any atom is -0.352 e. The number of hydrogen-bond acceptors (Lipinski definition) is 2. The topological polar surface area (TPSA) is 58.2 Å². The maximum atomic E-state index is 12.3. The minimum atomic E-state index is -0.117. The van der Waals surface area contributed by atoms with Gasteiger partial charge in [0.2, 0.25) is 5.91 Å². The van der Waals surface area contributed by atoms with Crippen LogP contribution < -0.4 is 10.6 Å². The highest BCUT2D eigenvalue weighted by atomic mass is 16.2. The summed E-state index contributed by atoms with van der Waals surface area (Å²) in [5.74, 6) is -0.0494. The van der Waals surface area contributed by atoms with Gasteiger partial charge in [0.25, 0.3) is 5.91 Å². The highest BCUT2D eigenvalue weighted by molar-refractivity contribution is 5.98. The lowest BCUT2D eigenvalue weighted by Gasteiger charge is -2.18. The Labute approximate surface area is 125 Å². The molecule has 0 aliphatic heterocycles. The molecule has 2 amide bonds. The predicted molar refractivity (Wildman–Crippen MR) is 84.3 cm³/mol. The maximum absolute atomic E-state index is 12.3. The summed E-state index contributed by atoms with van der Waals surface area (Å²) in [6.07, 6.45) is 6.81. The first-order valence-corrected chi connectivity index (χ1v) is 7.46. The van der Waals surface area contributed by atoms with Gasteiger partial charge in [-0.3, -0.25) is 9.59 Å². The maximum Gasteiger partial charge on any atom is 0.251 e. The molecule has 0 fully saturated rings. The predicted octanol–water partition coefficient (Wildman–Crippen LogP) is 3.04. The highest BCUT2D eigenvalue weighted by Gasteiger charge is 2.19. The number of aryl methyl sites for hydroxylation is 1. The summed E-state index contributed by atoms with van der Waals surface area (Å²) in [5.41, 5.74) is 2.25. The smallest absolute Gasteiger partial charge is 0.251 e. The number of rotatable bonds is 4. The van der Waals surface area contributed by atoms with Crippen molar-refractivity contribution in [3.8, 4) is 0 Å². The molecule has 0 bridgehead atoms. The molecular weight excluding hydrogens is 264 g/mol. The average molecular weight is 286 g/mol. The molecule has 112 valence electrons. The fourth-order valence-corrected chi connectivity index (χ4v) is 2.43. The zero-order chi connectivity index (χ0) is 15.2. The summed E-state index contributed by atoms with van der Waals surface area (Å²) in [6, 6.07) is 5.39. The first kappa shape index (κ1) is 15.3. The van der Waals surface area contributed by atoms with Gasteiger partial charge in [0, 0.05) is 23.7 Å². The summed E-state index contributed by atoms with van der Waals surface area (Å²) >= 11 is 0. The Balaban J connectivity index is 2.11. The summed E-state index contributed by atoms with van der Waals surface area (Å²) < 4.78 is 0. The highest BCUT2D eigenvalue weighted by Crippen LogP contribution is 2.22. The summed E-state index contributed by atoms with van der Waals surface area (Å²) in [6.45, 7) is 4.39.